The number of nitrogens with zero attached hydrogens (tertiary/aromatic N) is 1. The van der Waals surface area contributed by atoms with Crippen LogP contribution in [0.5, 0.6) is 5.75 Å². The number of carbonyl (C=O) groups excluding carboxylic acids is 2. The van der Waals surface area contributed by atoms with E-state index in [-0.39, 0.29) is 24.4 Å². The van der Waals surface area contributed by atoms with Gasteiger partial charge in [-0.05, 0) is 44.0 Å². The quantitative estimate of drug-likeness (QED) is 0.535. The number of amides is 1. The standard InChI is InChI=1S/C18H24N2O7/c1-12(19-16(21)10-26-15-6-8-20(25)9-7-15)18(24)13-2-4-14(5-3-13)27-11-17(22)23/h2-5,12,15,25H,6-11H2,1H3,(H,19,21)(H,22,23). The van der Waals surface area contributed by atoms with E-state index < -0.39 is 18.6 Å². The lowest BCUT2D eigenvalue weighted by atomic mass is 10.1. The first-order valence-corrected chi connectivity index (χ1v) is 8.69. The van der Waals surface area contributed by atoms with E-state index in [1.807, 2.05) is 0 Å². The van der Waals surface area contributed by atoms with Gasteiger partial charge in [-0.25, -0.2) is 4.79 Å². The van der Waals surface area contributed by atoms with Gasteiger partial charge in [0.2, 0.25) is 5.91 Å². The average molecular weight is 380 g/mol. The van der Waals surface area contributed by atoms with Crippen molar-refractivity contribution in [3.8, 4) is 5.75 Å². The Balaban J connectivity index is 1.77. The molecule has 9 heteroatoms. The van der Waals surface area contributed by atoms with Crippen LogP contribution in [-0.4, -0.2) is 71.5 Å². The Morgan fingerprint density at radius 1 is 1.19 bits per heavy atom. The van der Waals surface area contributed by atoms with E-state index in [4.69, 9.17) is 14.6 Å². The number of benzene rings is 1. The summed E-state index contributed by atoms with van der Waals surface area (Å²) in [7, 11) is 0. The maximum absolute atomic E-state index is 12.4. The lowest BCUT2D eigenvalue weighted by molar-refractivity contribution is -0.141. The van der Waals surface area contributed by atoms with E-state index in [1.54, 1.807) is 6.92 Å². The molecule has 1 unspecified atom stereocenters. The molecular weight excluding hydrogens is 356 g/mol. The minimum Gasteiger partial charge on any atom is -0.482 e. The second kappa shape index (κ2) is 10.0. The number of hydrogen-bond acceptors (Lipinski definition) is 7. The topological polar surface area (TPSA) is 125 Å². The Hall–Kier alpha value is -2.49. The van der Waals surface area contributed by atoms with E-state index in [0.29, 0.717) is 37.2 Å². The fourth-order valence-corrected chi connectivity index (χ4v) is 2.66. The van der Waals surface area contributed by atoms with Crippen molar-refractivity contribution in [1.82, 2.24) is 10.4 Å². The molecule has 27 heavy (non-hydrogen) atoms. The fraction of sp³-hybridized carbons (Fsp3) is 0.500. The molecule has 1 aliphatic rings. The van der Waals surface area contributed by atoms with Crippen LogP contribution < -0.4 is 10.1 Å². The van der Waals surface area contributed by atoms with Gasteiger partial charge in [0.25, 0.3) is 0 Å². The van der Waals surface area contributed by atoms with Crippen LogP contribution in [0.15, 0.2) is 24.3 Å². The zero-order valence-corrected chi connectivity index (χ0v) is 15.1. The molecule has 2 rings (SSSR count). The first kappa shape index (κ1) is 20.8. The average Bonchev–Trinajstić information content (AvgIpc) is 2.65. The number of ketones is 1. The summed E-state index contributed by atoms with van der Waals surface area (Å²) in [5, 5.41) is 21.7. The molecule has 0 aromatic heterocycles. The van der Waals surface area contributed by atoms with Gasteiger partial charge < -0.3 is 25.1 Å². The van der Waals surface area contributed by atoms with Crippen molar-refractivity contribution in [3.05, 3.63) is 29.8 Å². The summed E-state index contributed by atoms with van der Waals surface area (Å²) >= 11 is 0. The summed E-state index contributed by atoms with van der Waals surface area (Å²) in [5.41, 5.74) is 0.377. The van der Waals surface area contributed by atoms with Crippen LogP contribution in [0, 0.1) is 0 Å². The summed E-state index contributed by atoms with van der Waals surface area (Å²) in [4.78, 5) is 34.8. The van der Waals surface area contributed by atoms with Crippen LogP contribution in [0.4, 0.5) is 0 Å². The number of Topliss-reactive ketones (excluding diaryl/α,β-unsaturated/α-hetero) is 1. The van der Waals surface area contributed by atoms with Crippen molar-refractivity contribution < 1.29 is 34.2 Å². The number of nitrogens with one attached hydrogen (secondary N) is 1. The molecule has 1 fully saturated rings. The van der Waals surface area contributed by atoms with E-state index in [2.05, 4.69) is 5.32 Å². The highest BCUT2D eigenvalue weighted by Gasteiger charge is 2.21. The van der Waals surface area contributed by atoms with E-state index in [9.17, 15) is 19.6 Å². The minimum absolute atomic E-state index is 0.0801. The smallest absolute Gasteiger partial charge is 0.341 e. The molecule has 0 saturated carbocycles. The molecule has 0 aliphatic carbocycles. The zero-order valence-electron chi connectivity index (χ0n) is 15.1. The molecule has 1 amide bonds. The molecule has 1 saturated heterocycles. The molecular formula is C18H24N2O7. The minimum atomic E-state index is -1.09. The number of aliphatic carboxylic acids is 1. The zero-order chi connectivity index (χ0) is 19.8. The lowest BCUT2D eigenvalue weighted by Gasteiger charge is -2.27. The maximum Gasteiger partial charge on any atom is 0.341 e. The van der Waals surface area contributed by atoms with Gasteiger partial charge in [0, 0.05) is 18.7 Å². The Morgan fingerprint density at radius 2 is 1.81 bits per heavy atom. The number of rotatable bonds is 9. The van der Waals surface area contributed by atoms with Gasteiger partial charge in [-0.2, -0.15) is 5.06 Å². The molecule has 0 bridgehead atoms. The Bertz CT molecular complexity index is 654. The first-order valence-electron chi connectivity index (χ1n) is 8.69. The highest BCUT2D eigenvalue weighted by Crippen LogP contribution is 2.14. The van der Waals surface area contributed by atoms with E-state index in [0.717, 1.165) is 0 Å². The maximum atomic E-state index is 12.4. The van der Waals surface area contributed by atoms with E-state index >= 15 is 0 Å². The van der Waals surface area contributed by atoms with Gasteiger partial charge in [0.05, 0.1) is 12.1 Å². The van der Waals surface area contributed by atoms with Crippen LogP contribution in [0.1, 0.15) is 30.1 Å². The highest BCUT2D eigenvalue weighted by molar-refractivity contribution is 6.01. The number of piperidine rings is 1. The molecule has 1 aromatic carbocycles. The molecule has 3 N–H and O–H groups in total. The normalized spacial score (nSPS) is 16.5. The first-order chi connectivity index (χ1) is 12.8. The van der Waals surface area contributed by atoms with Crippen molar-refractivity contribution in [2.24, 2.45) is 0 Å². The number of carbonyl (C=O) groups is 3. The third kappa shape index (κ3) is 6.97. The summed E-state index contributed by atoms with van der Waals surface area (Å²) in [5.74, 6) is -1.41. The molecule has 1 atom stereocenters. The van der Waals surface area contributed by atoms with Crippen LogP contribution >= 0.6 is 0 Å². The summed E-state index contributed by atoms with van der Waals surface area (Å²) in [6, 6.07) is 5.30. The lowest BCUT2D eigenvalue weighted by Crippen LogP contribution is -2.42. The van der Waals surface area contributed by atoms with Crippen LogP contribution in [0.2, 0.25) is 0 Å². The summed E-state index contributed by atoms with van der Waals surface area (Å²) in [6.07, 6.45) is 1.21. The highest BCUT2D eigenvalue weighted by atomic mass is 16.5. The van der Waals surface area contributed by atoms with Gasteiger partial charge in [-0.1, -0.05) is 0 Å². The monoisotopic (exact) mass is 380 g/mol. The second-order valence-electron chi connectivity index (χ2n) is 6.32. The number of carboxylic acid groups (broad SMARTS) is 1. The number of ether oxygens (including phenoxy) is 2. The van der Waals surface area contributed by atoms with Crippen molar-refractivity contribution in [2.45, 2.75) is 31.9 Å². The molecule has 1 heterocycles. The molecule has 1 aromatic rings. The predicted molar refractivity (Wildman–Crippen MR) is 93.8 cm³/mol. The molecule has 0 spiro atoms. The van der Waals surface area contributed by atoms with Crippen molar-refractivity contribution in [3.63, 3.8) is 0 Å². The number of hydrogen-bond donors (Lipinski definition) is 3. The van der Waals surface area contributed by atoms with Crippen molar-refractivity contribution in [1.29, 1.82) is 0 Å². The number of carboxylic acids is 1. The predicted octanol–water partition coefficient (Wildman–Crippen LogP) is 0.708. The van der Waals surface area contributed by atoms with Crippen LogP contribution in [0.25, 0.3) is 0 Å². The van der Waals surface area contributed by atoms with Gasteiger partial charge in [-0.3, -0.25) is 9.59 Å². The summed E-state index contributed by atoms with van der Waals surface area (Å²) < 4.78 is 10.5. The van der Waals surface area contributed by atoms with Crippen LogP contribution in [-0.2, 0) is 14.3 Å². The summed E-state index contributed by atoms with van der Waals surface area (Å²) in [6.45, 7) is 1.99. The van der Waals surface area contributed by atoms with Crippen molar-refractivity contribution >= 4 is 17.7 Å². The van der Waals surface area contributed by atoms with Crippen LogP contribution in [0.3, 0.4) is 0 Å². The van der Waals surface area contributed by atoms with Gasteiger partial charge in [0.1, 0.15) is 12.4 Å². The third-order valence-corrected chi connectivity index (χ3v) is 4.14. The Kier molecular flexibility index (Phi) is 7.71. The van der Waals surface area contributed by atoms with Crippen molar-refractivity contribution in [2.75, 3.05) is 26.3 Å². The van der Waals surface area contributed by atoms with Gasteiger partial charge in [-0.15, -0.1) is 0 Å². The molecule has 1 aliphatic heterocycles. The third-order valence-electron chi connectivity index (χ3n) is 4.14. The molecule has 148 valence electrons. The van der Waals surface area contributed by atoms with Gasteiger partial charge in [0.15, 0.2) is 12.4 Å². The molecule has 0 radical (unpaired) electrons. The molecule has 9 nitrogen and oxygen atoms in total. The Labute approximate surface area is 156 Å². The van der Waals surface area contributed by atoms with Gasteiger partial charge >= 0.3 is 5.97 Å². The fourth-order valence-electron chi connectivity index (χ4n) is 2.66. The van der Waals surface area contributed by atoms with E-state index in [1.165, 1.54) is 29.3 Å². The Morgan fingerprint density at radius 3 is 2.41 bits per heavy atom. The largest absolute Gasteiger partial charge is 0.482 e. The SMILES string of the molecule is CC(NC(=O)COC1CCN(O)CC1)C(=O)c1ccc(OCC(=O)O)cc1. The number of hydroxylamine groups is 2. The second-order valence-corrected chi connectivity index (χ2v) is 6.32.